The standard InChI is InChI=1S/C21H25NO3/c1-24-17-11-9-16(10-12-17)20(23)22-15-21(13-5-6-14-21)18-7-3-4-8-19(18)25-2/h3-4,7-12H,5-6,13-15H2,1-2H3,(H,22,23). The summed E-state index contributed by atoms with van der Waals surface area (Å²) in [5.41, 5.74) is 1.80. The minimum atomic E-state index is -0.0520. The summed E-state index contributed by atoms with van der Waals surface area (Å²) in [6.45, 7) is 0.623. The third-order valence-electron chi connectivity index (χ3n) is 5.18. The van der Waals surface area contributed by atoms with Crippen LogP contribution >= 0.6 is 0 Å². The molecule has 0 saturated heterocycles. The number of amides is 1. The van der Waals surface area contributed by atoms with Gasteiger partial charge >= 0.3 is 0 Å². The SMILES string of the molecule is COc1ccc(C(=O)NCC2(c3ccccc3OC)CCCC2)cc1. The van der Waals surface area contributed by atoms with E-state index in [1.165, 1.54) is 18.4 Å². The fourth-order valence-corrected chi connectivity index (χ4v) is 3.77. The van der Waals surface area contributed by atoms with Crippen molar-refractivity contribution >= 4 is 5.91 Å². The van der Waals surface area contributed by atoms with E-state index in [0.29, 0.717) is 12.1 Å². The highest BCUT2D eigenvalue weighted by Gasteiger charge is 2.38. The Hall–Kier alpha value is -2.49. The van der Waals surface area contributed by atoms with Gasteiger partial charge in [-0.1, -0.05) is 31.0 Å². The van der Waals surface area contributed by atoms with Crippen molar-refractivity contribution in [3.05, 3.63) is 59.7 Å². The molecule has 1 fully saturated rings. The second-order valence-corrected chi connectivity index (χ2v) is 6.60. The van der Waals surface area contributed by atoms with Gasteiger partial charge < -0.3 is 14.8 Å². The maximum absolute atomic E-state index is 12.5. The Kier molecular flexibility index (Phi) is 5.27. The van der Waals surface area contributed by atoms with Crippen LogP contribution in [-0.4, -0.2) is 26.7 Å². The van der Waals surface area contributed by atoms with Gasteiger partial charge in [-0.15, -0.1) is 0 Å². The Labute approximate surface area is 149 Å². The maximum Gasteiger partial charge on any atom is 0.251 e. The molecule has 0 bridgehead atoms. The van der Waals surface area contributed by atoms with E-state index in [0.717, 1.165) is 24.3 Å². The average molecular weight is 339 g/mol. The van der Waals surface area contributed by atoms with Gasteiger partial charge in [0.1, 0.15) is 11.5 Å². The first-order valence-corrected chi connectivity index (χ1v) is 8.74. The van der Waals surface area contributed by atoms with Gasteiger partial charge in [0, 0.05) is 23.1 Å². The molecule has 0 atom stereocenters. The first kappa shape index (κ1) is 17.3. The lowest BCUT2D eigenvalue weighted by atomic mass is 9.78. The number of ether oxygens (including phenoxy) is 2. The van der Waals surface area contributed by atoms with E-state index in [1.54, 1.807) is 38.5 Å². The normalized spacial score (nSPS) is 15.6. The van der Waals surface area contributed by atoms with Gasteiger partial charge in [-0.2, -0.15) is 0 Å². The van der Waals surface area contributed by atoms with Gasteiger partial charge in [0.25, 0.3) is 5.91 Å². The zero-order valence-corrected chi connectivity index (χ0v) is 14.9. The van der Waals surface area contributed by atoms with Crippen LogP contribution in [0.15, 0.2) is 48.5 Å². The molecule has 132 valence electrons. The first-order valence-electron chi connectivity index (χ1n) is 8.74. The molecule has 4 nitrogen and oxygen atoms in total. The largest absolute Gasteiger partial charge is 0.497 e. The number of carbonyl (C=O) groups excluding carboxylic acids is 1. The topological polar surface area (TPSA) is 47.6 Å². The average Bonchev–Trinajstić information content (AvgIpc) is 3.16. The molecule has 1 amide bonds. The van der Waals surface area contributed by atoms with Crippen LogP contribution in [0.1, 0.15) is 41.6 Å². The molecule has 2 aromatic rings. The van der Waals surface area contributed by atoms with Crippen LogP contribution in [-0.2, 0) is 5.41 Å². The summed E-state index contributed by atoms with van der Waals surface area (Å²) in [6, 6.07) is 15.4. The molecule has 4 heteroatoms. The minimum Gasteiger partial charge on any atom is -0.497 e. The van der Waals surface area contributed by atoms with Crippen LogP contribution < -0.4 is 14.8 Å². The predicted octanol–water partition coefficient (Wildman–Crippen LogP) is 3.95. The van der Waals surface area contributed by atoms with Crippen molar-refractivity contribution < 1.29 is 14.3 Å². The molecular formula is C21H25NO3. The summed E-state index contributed by atoms with van der Waals surface area (Å²) in [5.74, 6) is 1.60. The molecule has 0 spiro atoms. The van der Waals surface area contributed by atoms with Crippen molar-refractivity contribution in [3.8, 4) is 11.5 Å². The highest BCUT2D eigenvalue weighted by molar-refractivity contribution is 5.94. The molecule has 25 heavy (non-hydrogen) atoms. The van der Waals surface area contributed by atoms with Crippen molar-refractivity contribution in [3.63, 3.8) is 0 Å². The van der Waals surface area contributed by atoms with E-state index in [2.05, 4.69) is 11.4 Å². The molecule has 0 heterocycles. The van der Waals surface area contributed by atoms with Gasteiger partial charge in [0.05, 0.1) is 14.2 Å². The second-order valence-electron chi connectivity index (χ2n) is 6.60. The van der Waals surface area contributed by atoms with Gasteiger partial charge in [0.2, 0.25) is 0 Å². The summed E-state index contributed by atoms with van der Waals surface area (Å²) in [6.07, 6.45) is 4.49. The van der Waals surface area contributed by atoms with E-state index in [9.17, 15) is 4.79 Å². The molecule has 2 aromatic carbocycles. The number of carbonyl (C=O) groups is 1. The Morgan fingerprint density at radius 3 is 2.32 bits per heavy atom. The monoisotopic (exact) mass is 339 g/mol. The summed E-state index contributed by atoms with van der Waals surface area (Å²) in [5, 5.41) is 3.13. The third kappa shape index (κ3) is 3.63. The molecule has 0 unspecified atom stereocenters. The number of nitrogens with one attached hydrogen (secondary N) is 1. The maximum atomic E-state index is 12.5. The molecule has 1 aliphatic rings. The number of rotatable bonds is 6. The van der Waals surface area contributed by atoms with Crippen LogP contribution in [0.4, 0.5) is 0 Å². The van der Waals surface area contributed by atoms with Crippen molar-refractivity contribution in [2.75, 3.05) is 20.8 Å². The van der Waals surface area contributed by atoms with Gasteiger partial charge in [-0.05, 0) is 43.2 Å². The lowest BCUT2D eigenvalue weighted by molar-refractivity contribution is 0.0942. The van der Waals surface area contributed by atoms with E-state index in [4.69, 9.17) is 9.47 Å². The summed E-state index contributed by atoms with van der Waals surface area (Å²) >= 11 is 0. The van der Waals surface area contributed by atoms with Crippen LogP contribution in [0.25, 0.3) is 0 Å². The van der Waals surface area contributed by atoms with E-state index in [-0.39, 0.29) is 11.3 Å². The van der Waals surface area contributed by atoms with Crippen molar-refractivity contribution in [1.29, 1.82) is 0 Å². The highest BCUT2D eigenvalue weighted by Crippen LogP contribution is 2.44. The predicted molar refractivity (Wildman–Crippen MR) is 98.5 cm³/mol. The van der Waals surface area contributed by atoms with E-state index >= 15 is 0 Å². The lowest BCUT2D eigenvalue weighted by Gasteiger charge is -2.31. The Balaban J connectivity index is 1.77. The number of methoxy groups -OCH3 is 2. The molecular weight excluding hydrogens is 314 g/mol. The summed E-state index contributed by atoms with van der Waals surface area (Å²) < 4.78 is 10.7. The molecule has 1 aliphatic carbocycles. The summed E-state index contributed by atoms with van der Waals surface area (Å²) in [7, 11) is 3.32. The fourth-order valence-electron chi connectivity index (χ4n) is 3.77. The zero-order valence-electron chi connectivity index (χ0n) is 14.9. The van der Waals surface area contributed by atoms with Crippen molar-refractivity contribution in [1.82, 2.24) is 5.32 Å². The number of benzene rings is 2. The first-order chi connectivity index (χ1) is 12.2. The van der Waals surface area contributed by atoms with Crippen LogP contribution in [0.5, 0.6) is 11.5 Å². The second kappa shape index (κ2) is 7.60. The van der Waals surface area contributed by atoms with Crippen LogP contribution in [0, 0.1) is 0 Å². The molecule has 1 N–H and O–H groups in total. The van der Waals surface area contributed by atoms with E-state index < -0.39 is 0 Å². The molecule has 0 aliphatic heterocycles. The molecule has 3 rings (SSSR count). The fraction of sp³-hybridized carbons (Fsp3) is 0.381. The van der Waals surface area contributed by atoms with Gasteiger partial charge in [0.15, 0.2) is 0 Å². The Morgan fingerprint density at radius 2 is 1.68 bits per heavy atom. The molecule has 0 radical (unpaired) electrons. The van der Waals surface area contributed by atoms with Crippen molar-refractivity contribution in [2.45, 2.75) is 31.1 Å². The minimum absolute atomic E-state index is 0.0469. The third-order valence-corrected chi connectivity index (χ3v) is 5.18. The quantitative estimate of drug-likeness (QED) is 0.867. The Morgan fingerprint density at radius 1 is 1.00 bits per heavy atom. The van der Waals surface area contributed by atoms with Crippen molar-refractivity contribution in [2.24, 2.45) is 0 Å². The lowest BCUT2D eigenvalue weighted by Crippen LogP contribution is -2.39. The van der Waals surface area contributed by atoms with Gasteiger partial charge in [-0.3, -0.25) is 4.79 Å². The highest BCUT2D eigenvalue weighted by atomic mass is 16.5. The number of para-hydroxylation sites is 1. The van der Waals surface area contributed by atoms with E-state index in [1.807, 2.05) is 18.2 Å². The molecule has 0 aromatic heterocycles. The van der Waals surface area contributed by atoms with Crippen LogP contribution in [0.3, 0.4) is 0 Å². The summed E-state index contributed by atoms with van der Waals surface area (Å²) in [4.78, 5) is 12.5. The Bertz CT molecular complexity index is 718. The van der Waals surface area contributed by atoms with Crippen LogP contribution in [0.2, 0.25) is 0 Å². The number of hydrogen-bond acceptors (Lipinski definition) is 3. The zero-order chi connectivity index (χ0) is 17.7. The number of hydrogen-bond donors (Lipinski definition) is 1. The van der Waals surface area contributed by atoms with Gasteiger partial charge in [-0.25, -0.2) is 0 Å². The molecule has 1 saturated carbocycles. The smallest absolute Gasteiger partial charge is 0.251 e.